The van der Waals surface area contributed by atoms with Gasteiger partial charge in [-0.15, -0.1) is 0 Å². The van der Waals surface area contributed by atoms with Crippen LogP contribution in [0.5, 0.6) is 0 Å². The second-order valence-corrected chi connectivity index (χ2v) is 4.16. The fourth-order valence-electron chi connectivity index (χ4n) is 1.51. The molecular weight excluding hydrogens is 192 g/mol. The van der Waals surface area contributed by atoms with Crippen molar-refractivity contribution >= 4 is 0 Å². The molecule has 0 heterocycles. The molecule has 92 valence electrons. The molecule has 16 heavy (non-hydrogen) atoms. The van der Waals surface area contributed by atoms with Gasteiger partial charge in [-0.05, 0) is 45.4 Å². The molecule has 0 saturated heterocycles. The van der Waals surface area contributed by atoms with Crippen LogP contribution in [0.25, 0.3) is 0 Å². The Morgan fingerprint density at radius 2 is 1.12 bits per heavy atom. The Kier molecular flexibility index (Phi) is 13.5. The maximum atomic E-state index is 2.34. The summed E-state index contributed by atoms with van der Waals surface area (Å²) in [7, 11) is 0. The Labute approximate surface area is 102 Å². The molecule has 0 aliphatic carbocycles. The molecule has 0 aromatic carbocycles. The maximum Gasteiger partial charge on any atom is -0.0316 e. The molecule has 0 heteroatoms. The van der Waals surface area contributed by atoms with E-state index in [4.69, 9.17) is 0 Å². The summed E-state index contributed by atoms with van der Waals surface area (Å²) in [6.45, 7) is 4.32. The monoisotopic (exact) mass is 220 g/mol. The van der Waals surface area contributed by atoms with Gasteiger partial charge in [0.25, 0.3) is 0 Å². The summed E-state index contributed by atoms with van der Waals surface area (Å²) in [4.78, 5) is 0. The number of hydrogen-bond donors (Lipinski definition) is 0. The van der Waals surface area contributed by atoms with Gasteiger partial charge in [0.15, 0.2) is 0 Å². The first-order valence-electron chi connectivity index (χ1n) is 6.83. The molecule has 0 saturated carbocycles. The number of unbranched alkanes of at least 4 members (excludes halogenated alkanes) is 5. The van der Waals surface area contributed by atoms with E-state index in [1.807, 2.05) is 0 Å². The Bertz CT molecular complexity index is 196. The van der Waals surface area contributed by atoms with Gasteiger partial charge in [-0.25, -0.2) is 0 Å². The van der Waals surface area contributed by atoms with Crippen LogP contribution in [-0.2, 0) is 0 Å². The minimum absolute atomic E-state index is 1.18. The molecule has 0 bridgehead atoms. The number of allylic oxidation sites excluding steroid dienone is 6. The van der Waals surface area contributed by atoms with E-state index < -0.39 is 0 Å². The summed E-state index contributed by atoms with van der Waals surface area (Å²) in [5.74, 6) is 0. The quantitative estimate of drug-likeness (QED) is 0.321. The standard InChI is InChI=1S/C16H28/c1-3-5-7-9-11-13-15-16-14-12-10-8-6-4-2/h3,5,10-13H,4,6-9,14-16H2,1-2H3/b5-3-,12-10-,13-11+. The van der Waals surface area contributed by atoms with Crippen LogP contribution in [0.15, 0.2) is 36.5 Å². The van der Waals surface area contributed by atoms with Gasteiger partial charge in [0.2, 0.25) is 0 Å². The first kappa shape index (κ1) is 15.2. The van der Waals surface area contributed by atoms with Gasteiger partial charge >= 0.3 is 0 Å². The van der Waals surface area contributed by atoms with Crippen LogP contribution in [0.3, 0.4) is 0 Å². The predicted octanol–water partition coefficient (Wildman–Crippen LogP) is 5.82. The van der Waals surface area contributed by atoms with E-state index in [9.17, 15) is 0 Å². The van der Waals surface area contributed by atoms with E-state index in [-0.39, 0.29) is 0 Å². The van der Waals surface area contributed by atoms with E-state index >= 15 is 0 Å². The third-order valence-electron chi connectivity index (χ3n) is 2.53. The lowest BCUT2D eigenvalue weighted by molar-refractivity contribution is 0.805. The molecule has 0 nitrogen and oxygen atoms in total. The molecule has 0 radical (unpaired) electrons. The van der Waals surface area contributed by atoms with Gasteiger partial charge in [-0.2, -0.15) is 0 Å². The predicted molar refractivity (Wildman–Crippen MR) is 75.7 cm³/mol. The van der Waals surface area contributed by atoms with Crippen LogP contribution in [-0.4, -0.2) is 0 Å². The van der Waals surface area contributed by atoms with Gasteiger partial charge in [-0.1, -0.05) is 56.2 Å². The SMILES string of the molecule is C/C=C\CC/C=C/CCC/C=C\CCCC. The minimum atomic E-state index is 1.18. The lowest BCUT2D eigenvalue weighted by Crippen LogP contribution is -1.71. The molecule has 0 aromatic heterocycles. The summed E-state index contributed by atoms with van der Waals surface area (Å²) in [5.41, 5.74) is 0. The van der Waals surface area contributed by atoms with Crippen LogP contribution < -0.4 is 0 Å². The average molecular weight is 220 g/mol. The molecule has 0 amide bonds. The first-order chi connectivity index (χ1) is 7.91. The van der Waals surface area contributed by atoms with E-state index in [2.05, 4.69) is 50.3 Å². The van der Waals surface area contributed by atoms with Crippen molar-refractivity contribution in [1.82, 2.24) is 0 Å². The molecule has 0 rings (SSSR count). The van der Waals surface area contributed by atoms with Crippen molar-refractivity contribution in [3.8, 4) is 0 Å². The zero-order valence-electron chi connectivity index (χ0n) is 11.1. The van der Waals surface area contributed by atoms with Crippen molar-refractivity contribution in [3.05, 3.63) is 36.5 Å². The lowest BCUT2D eigenvalue weighted by Gasteiger charge is -1.92. The molecule has 0 aliphatic rings. The normalized spacial score (nSPS) is 12.4. The van der Waals surface area contributed by atoms with Crippen molar-refractivity contribution in [1.29, 1.82) is 0 Å². The van der Waals surface area contributed by atoms with Gasteiger partial charge in [0, 0.05) is 0 Å². The maximum absolute atomic E-state index is 2.34. The van der Waals surface area contributed by atoms with Crippen molar-refractivity contribution in [3.63, 3.8) is 0 Å². The molecule has 0 N–H and O–H groups in total. The highest BCUT2D eigenvalue weighted by Gasteiger charge is 1.82. The molecule has 0 atom stereocenters. The summed E-state index contributed by atoms with van der Waals surface area (Å²) >= 11 is 0. The summed E-state index contributed by atoms with van der Waals surface area (Å²) in [5, 5.41) is 0. The Morgan fingerprint density at radius 1 is 0.625 bits per heavy atom. The second kappa shape index (κ2) is 14.2. The fourth-order valence-corrected chi connectivity index (χ4v) is 1.51. The van der Waals surface area contributed by atoms with Crippen LogP contribution in [0, 0.1) is 0 Å². The molecular formula is C16H28. The van der Waals surface area contributed by atoms with Gasteiger partial charge in [0.05, 0.1) is 0 Å². The largest absolute Gasteiger partial charge is 0.0917 e. The molecule has 0 aliphatic heterocycles. The van der Waals surface area contributed by atoms with Crippen molar-refractivity contribution in [2.45, 2.75) is 65.2 Å². The minimum Gasteiger partial charge on any atom is -0.0917 e. The van der Waals surface area contributed by atoms with Gasteiger partial charge in [0.1, 0.15) is 0 Å². The zero-order chi connectivity index (χ0) is 11.9. The van der Waals surface area contributed by atoms with Gasteiger partial charge in [-0.3, -0.25) is 0 Å². The number of rotatable bonds is 10. The second-order valence-electron chi connectivity index (χ2n) is 4.16. The lowest BCUT2D eigenvalue weighted by atomic mass is 10.2. The van der Waals surface area contributed by atoms with E-state index in [0.717, 1.165) is 0 Å². The summed E-state index contributed by atoms with van der Waals surface area (Å²) < 4.78 is 0. The molecule has 0 aromatic rings. The Hall–Kier alpha value is -0.780. The van der Waals surface area contributed by atoms with Crippen LogP contribution in [0.1, 0.15) is 65.2 Å². The first-order valence-corrected chi connectivity index (χ1v) is 6.83. The highest BCUT2D eigenvalue weighted by atomic mass is 13.9. The highest BCUT2D eigenvalue weighted by Crippen LogP contribution is 2.02. The van der Waals surface area contributed by atoms with E-state index in [1.54, 1.807) is 0 Å². The van der Waals surface area contributed by atoms with Crippen LogP contribution in [0.4, 0.5) is 0 Å². The highest BCUT2D eigenvalue weighted by molar-refractivity contribution is 4.88. The third kappa shape index (κ3) is 13.2. The fraction of sp³-hybridized carbons (Fsp3) is 0.625. The topological polar surface area (TPSA) is 0 Å². The summed E-state index contributed by atoms with van der Waals surface area (Å²) in [6.07, 6.45) is 23.7. The Balaban J connectivity index is 3.16. The van der Waals surface area contributed by atoms with Crippen molar-refractivity contribution < 1.29 is 0 Å². The van der Waals surface area contributed by atoms with E-state index in [1.165, 1.54) is 51.4 Å². The van der Waals surface area contributed by atoms with Crippen LogP contribution >= 0.6 is 0 Å². The third-order valence-corrected chi connectivity index (χ3v) is 2.53. The molecule has 0 spiro atoms. The van der Waals surface area contributed by atoms with Crippen molar-refractivity contribution in [2.24, 2.45) is 0 Å². The number of hydrogen-bond acceptors (Lipinski definition) is 0. The van der Waals surface area contributed by atoms with Crippen molar-refractivity contribution in [2.75, 3.05) is 0 Å². The smallest absolute Gasteiger partial charge is 0.0316 e. The van der Waals surface area contributed by atoms with Gasteiger partial charge < -0.3 is 0 Å². The summed E-state index contributed by atoms with van der Waals surface area (Å²) in [6, 6.07) is 0. The van der Waals surface area contributed by atoms with E-state index in [0.29, 0.717) is 0 Å². The average Bonchev–Trinajstić information content (AvgIpc) is 2.31. The zero-order valence-corrected chi connectivity index (χ0v) is 11.1. The molecule has 0 unspecified atom stereocenters. The molecule has 0 fully saturated rings. The van der Waals surface area contributed by atoms with Crippen LogP contribution in [0.2, 0.25) is 0 Å². The Morgan fingerprint density at radius 3 is 1.69 bits per heavy atom.